The number of likely N-dealkylation sites (N-methyl/N-ethyl adjacent to an activating group) is 1. The van der Waals surface area contributed by atoms with Crippen molar-refractivity contribution in [3.05, 3.63) is 33.3 Å². The van der Waals surface area contributed by atoms with Gasteiger partial charge >= 0.3 is 0 Å². The lowest BCUT2D eigenvalue weighted by Gasteiger charge is -2.30. The van der Waals surface area contributed by atoms with E-state index in [0.717, 1.165) is 25.9 Å². The Morgan fingerprint density at radius 2 is 2.33 bits per heavy atom. The number of rotatable bonds is 3. The van der Waals surface area contributed by atoms with Gasteiger partial charge in [-0.3, -0.25) is 10.1 Å². The number of hydrogen-bond donors (Lipinski definition) is 1. The highest BCUT2D eigenvalue weighted by Gasteiger charge is 2.22. The summed E-state index contributed by atoms with van der Waals surface area (Å²) in [5.74, 6) is 0. The standard InChI is InChI=1S/C12H16ClN3O2/c1-15-7-3-4-9(8-15)14-12-10(13)5-2-6-11(12)16(17)18/h2,5-6,9,14H,3-4,7-8H2,1H3. The maximum absolute atomic E-state index is 11.0. The molecule has 1 aromatic carbocycles. The van der Waals surface area contributed by atoms with Gasteiger partial charge in [-0.15, -0.1) is 0 Å². The summed E-state index contributed by atoms with van der Waals surface area (Å²) in [6.07, 6.45) is 2.10. The molecular weight excluding hydrogens is 254 g/mol. The molecular formula is C12H16ClN3O2. The van der Waals surface area contributed by atoms with E-state index in [1.54, 1.807) is 12.1 Å². The van der Waals surface area contributed by atoms with Crippen molar-refractivity contribution in [1.29, 1.82) is 0 Å². The fraction of sp³-hybridized carbons (Fsp3) is 0.500. The van der Waals surface area contributed by atoms with Gasteiger partial charge in [0.2, 0.25) is 0 Å². The second-order valence-electron chi connectivity index (χ2n) is 4.64. The van der Waals surface area contributed by atoms with Crippen molar-refractivity contribution in [1.82, 2.24) is 4.90 Å². The van der Waals surface area contributed by atoms with Crippen molar-refractivity contribution in [3.8, 4) is 0 Å². The van der Waals surface area contributed by atoms with Gasteiger partial charge in [0.25, 0.3) is 5.69 Å². The first-order valence-corrected chi connectivity index (χ1v) is 6.33. The highest BCUT2D eigenvalue weighted by atomic mass is 35.5. The SMILES string of the molecule is CN1CCCC(Nc2c(Cl)cccc2[N+](=O)[O-])C1. The first-order chi connectivity index (χ1) is 8.58. The van der Waals surface area contributed by atoms with Gasteiger partial charge in [0.15, 0.2) is 0 Å². The highest BCUT2D eigenvalue weighted by Crippen LogP contribution is 2.33. The molecule has 0 aromatic heterocycles. The molecule has 1 aromatic rings. The molecule has 1 unspecified atom stereocenters. The van der Waals surface area contributed by atoms with Gasteiger partial charge in [-0.25, -0.2) is 0 Å². The molecule has 1 N–H and O–H groups in total. The predicted octanol–water partition coefficient (Wildman–Crippen LogP) is 2.75. The number of halogens is 1. The lowest BCUT2D eigenvalue weighted by molar-refractivity contribution is -0.384. The quantitative estimate of drug-likeness (QED) is 0.677. The van der Waals surface area contributed by atoms with Crippen LogP contribution in [0.2, 0.25) is 5.02 Å². The van der Waals surface area contributed by atoms with E-state index in [1.165, 1.54) is 6.07 Å². The van der Waals surface area contributed by atoms with Crippen LogP contribution in [0.5, 0.6) is 0 Å². The number of anilines is 1. The second-order valence-corrected chi connectivity index (χ2v) is 5.04. The average Bonchev–Trinajstić information content (AvgIpc) is 2.31. The van der Waals surface area contributed by atoms with Crippen LogP contribution in [0.3, 0.4) is 0 Å². The minimum atomic E-state index is -0.402. The van der Waals surface area contributed by atoms with Crippen LogP contribution in [0.25, 0.3) is 0 Å². The zero-order valence-electron chi connectivity index (χ0n) is 10.2. The van der Waals surface area contributed by atoms with Gasteiger partial charge in [0, 0.05) is 18.7 Å². The Balaban J connectivity index is 2.20. The maximum atomic E-state index is 11.0. The Labute approximate surface area is 111 Å². The number of piperidine rings is 1. The number of nitro groups is 1. The predicted molar refractivity (Wildman–Crippen MR) is 72.2 cm³/mol. The Bertz CT molecular complexity index is 453. The summed E-state index contributed by atoms with van der Waals surface area (Å²) < 4.78 is 0. The molecule has 0 saturated carbocycles. The van der Waals surface area contributed by atoms with E-state index >= 15 is 0 Å². The monoisotopic (exact) mass is 269 g/mol. The van der Waals surface area contributed by atoms with Crippen molar-refractivity contribution in [2.45, 2.75) is 18.9 Å². The molecule has 1 aliphatic heterocycles. The van der Waals surface area contributed by atoms with Crippen molar-refractivity contribution in [3.63, 3.8) is 0 Å². The van der Waals surface area contributed by atoms with Crippen LogP contribution >= 0.6 is 11.6 Å². The summed E-state index contributed by atoms with van der Waals surface area (Å²) in [5.41, 5.74) is 0.472. The molecule has 1 atom stereocenters. The third-order valence-electron chi connectivity index (χ3n) is 3.16. The zero-order valence-corrected chi connectivity index (χ0v) is 11.0. The van der Waals surface area contributed by atoms with E-state index in [2.05, 4.69) is 17.3 Å². The summed E-state index contributed by atoms with van der Waals surface area (Å²) in [7, 11) is 2.05. The summed E-state index contributed by atoms with van der Waals surface area (Å²) in [6, 6.07) is 4.95. The van der Waals surface area contributed by atoms with Gasteiger partial charge in [-0.2, -0.15) is 0 Å². The van der Waals surface area contributed by atoms with Crippen molar-refractivity contribution >= 4 is 23.0 Å². The Morgan fingerprint density at radius 3 is 3.00 bits per heavy atom. The van der Waals surface area contributed by atoms with Gasteiger partial charge in [0.1, 0.15) is 5.69 Å². The summed E-state index contributed by atoms with van der Waals surface area (Å²) in [5, 5.41) is 14.6. The molecule has 0 bridgehead atoms. The van der Waals surface area contributed by atoms with Gasteiger partial charge in [-0.05, 0) is 32.5 Å². The molecule has 18 heavy (non-hydrogen) atoms. The van der Waals surface area contributed by atoms with Crippen LogP contribution in [0.1, 0.15) is 12.8 Å². The molecule has 1 saturated heterocycles. The molecule has 98 valence electrons. The Kier molecular flexibility index (Phi) is 4.04. The number of para-hydroxylation sites is 1. The third-order valence-corrected chi connectivity index (χ3v) is 3.48. The van der Waals surface area contributed by atoms with Crippen molar-refractivity contribution < 1.29 is 4.92 Å². The lowest BCUT2D eigenvalue weighted by Crippen LogP contribution is -2.39. The second kappa shape index (κ2) is 5.54. The minimum absolute atomic E-state index is 0.0377. The maximum Gasteiger partial charge on any atom is 0.293 e. The number of nitrogens with one attached hydrogen (secondary N) is 1. The van der Waals surface area contributed by atoms with Gasteiger partial charge in [0.05, 0.1) is 9.95 Å². The molecule has 1 fully saturated rings. The van der Waals surface area contributed by atoms with E-state index in [1.807, 2.05) is 0 Å². The van der Waals surface area contributed by atoms with E-state index in [0.29, 0.717) is 10.7 Å². The molecule has 1 heterocycles. The van der Waals surface area contributed by atoms with E-state index in [4.69, 9.17) is 11.6 Å². The number of nitrogens with zero attached hydrogens (tertiary/aromatic N) is 2. The van der Waals surface area contributed by atoms with Crippen LogP contribution < -0.4 is 5.32 Å². The third kappa shape index (κ3) is 2.91. The van der Waals surface area contributed by atoms with Crippen molar-refractivity contribution in [2.24, 2.45) is 0 Å². The van der Waals surface area contributed by atoms with Crippen LogP contribution in [0.15, 0.2) is 18.2 Å². The van der Waals surface area contributed by atoms with Crippen molar-refractivity contribution in [2.75, 3.05) is 25.5 Å². The topological polar surface area (TPSA) is 58.4 Å². The molecule has 0 spiro atoms. The Morgan fingerprint density at radius 1 is 1.56 bits per heavy atom. The minimum Gasteiger partial charge on any atom is -0.374 e. The van der Waals surface area contributed by atoms with Gasteiger partial charge in [-0.1, -0.05) is 17.7 Å². The molecule has 0 radical (unpaired) electrons. The molecule has 1 aliphatic rings. The normalized spacial score (nSPS) is 20.7. The Hall–Kier alpha value is -1.33. The summed E-state index contributed by atoms with van der Waals surface area (Å²) >= 11 is 6.05. The zero-order chi connectivity index (χ0) is 13.1. The average molecular weight is 270 g/mol. The van der Waals surface area contributed by atoms with Crippen LogP contribution in [0.4, 0.5) is 11.4 Å². The molecule has 6 heteroatoms. The molecule has 2 rings (SSSR count). The largest absolute Gasteiger partial charge is 0.374 e. The molecule has 0 amide bonds. The molecule has 0 aliphatic carbocycles. The summed E-state index contributed by atoms with van der Waals surface area (Å²) in [6.45, 7) is 1.95. The van der Waals surface area contributed by atoms with Gasteiger partial charge < -0.3 is 10.2 Å². The number of likely N-dealkylation sites (tertiary alicyclic amines) is 1. The smallest absolute Gasteiger partial charge is 0.293 e. The highest BCUT2D eigenvalue weighted by molar-refractivity contribution is 6.33. The van der Waals surface area contributed by atoms with Crippen LogP contribution in [-0.4, -0.2) is 36.0 Å². The van der Waals surface area contributed by atoms with E-state index in [-0.39, 0.29) is 11.7 Å². The number of hydrogen-bond acceptors (Lipinski definition) is 4. The van der Waals surface area contributed by atoms with E-state index < -0.39 is 4.92 Å². The first-order valence-electron chi connectivity index (χ1n) is 5.96. The van der Waals surface area contributed by atoms with Crippen LogP contribution in [0, 0.1) is 10.1 Å². The number of benzene rings is 1. The van der Waals surface area contributed by atoms with E-state index in [9.17, 15) is 10.1 Å². The van der Waals surface area contributed by atoms with Crippen LogP contribution in [-0.2, 0) is 0 Å². The number of nitro benzene ring substituents is 1. The lowest BCUT2D eigenvalue weighted by atomic mass is 10.1. The summed E-state index contributed by atoms with van der Waals surface area (Å²) in [4.78, 5) is 12.8. The fourth-order valence-corrected chi connectivity index (χ4v) is 2.52. The molecule has 5 nitrogen and oxygen atoms in total. The first kappa shape index (κ1) is 13.1. The fourth-order valence-electron chi connectivity index (χ4n) is 2.30.